The number of ether oxygens (including phenoxy) is 1. The molecular formula is C21H19F3N6O2. The molecule has 0 spiro atoms. The molecule has 8 nitrogen and oxygen atoms in total. The third-order valence-electron chi connectivity index (χ3n) is 4.82. The number of amides is 2. The number of carbonyl (C=O) groups is 1. The zero-order chi connectivity index (χ0) is 22.7. The van der Waals surface area contributed by atoms with Gasteiger partial charge in [0.1, 0.15) is 12.1 Å². The van der Waals surface area contributed by atoms with Crippen molar-refractivity contribution in [1.82, 2.24) is 15.0 Å². The summed E-state index contributed by atoms with van der Waals surface area (Å²) in [5, 5.41) is 5.88. The van der Waals surface area contributed by atoms with Gasteiger partial charge in [0, 0.05) is 24.7 Å². The van der Waals surface area contributed by atoms with Gasteiger partial charge in [-0.2, -0.15) is 13.2 Å². The van der Waals surface area contributed by atoms with Crippen LogP contribution < -0.4 is 20.3 Å². The van der Waals surface area contributed by atoms with Gasteiger partial charge in [0.25, 0.3) is 0 Å². The molecule has 2 N–H and O–H groups in total. The Morgan fingerprint density at radius 1 is 1.19 bits per heavy atom. The van der Waals surface area contributed by atoms with E-state index in [1.807, 2.05) is 0 Å². The van der Waals surface area contributed by atoms with Crippen molar-refractivity contribution >= 4 is 23.4 Å². The molecule has 0 saturated heterocycles. The molecule has 2 aromatic heterocycles. The summed E-state index contributed by atoms with van der Waals surface area (Å²) in [6.07, 6.45) is -2.56. The van der Waals surface area contributed by atoms with Crippen LogP contribution in [0.15, 0.2) is 48.8 Å². The Morgan fingerprint density at radius 3 is 2.81 bits per heavy atom. The Hall–Kier alpha value is -3.89. The van der Waals surface area contributed by atoms with Gasteiger partial charge in [-0.05, 0) is 30.7 Å². The van der Waals surface area contributed by atoms with Gasteiger partial charge in [-0.1, -0.05) is 12.1 Å². The fourth-order valence-electron chi connectivity index (χ4n) is 3.27. The standard InChI is InChI=1S/C21H19F3N6O2/c1-32-18-11-17(26-12-27-18)29-20(31)30-9-3-8-25-16-7-6-15(28-19(16)30)13-4-2-5-14(10-13)21(22,23)24/h2,4-7,10-12,25H,3,8-9H2,1H3,(H,26,27,29,31). The average Bonchev–Trinajstić information content (AvgIpc) is 3.01. The van der Waals surface area contributed by atoms with Crippen molar-refractivity contribution in [3.05, 3.63) is 54.4 Å². The Morgan fingerprint density at radius 2 is 2.03 bits per heavy atom. The predicted octanol–water partition coefficient (Wildman–Crippen LogP) is 4.42. The van der Waals surface area contributed by atoms with Crippen LogP contribution in [0.2, 0.25) is 0 Å². The quantitative estimate of drug-likeness (QED) is 0.621. The molecule has 1 aromatic carbocycles. The van der Waals surface area contributed by atoms with Crippen LogP contribution in [0.4, 0.5) is 35.3 Å². The minimum atomic E-state index is -4.46. The zero-order valence-corrected chi connectivity index (χ0v) is 17.0. The highest BCUT2D eigenvalue weighted by atomic mass is 19.4. The van der Waals surface area contributed by atoms with Crippen LogP contribution in [-0.2, 0) is 6.18 Å². The van der Waals surface area contributed by atoms with Crippen molar-refractivity contribution in [3.63, 3.8) is 0 Å². The van der Waals surface area contributed by atoms with E-state index < -0.39 is 17.8 Å². The van der Waals surface area contributed by atoms with E-state index in [1.54, 1.807) is 18.2 Å². The number of methoxy groups -OCH3 is 1. The van der Waals surface area contributed by atoms with Gasteiger partial charge in [-0.15, -0.1) is 0 Å². The molecule has 1 aliphatic heterocycles. The summed E-state index contributed by atoms with van der Waals surface area (Å²) in [6, 6.07) is 9.24. The summed E-state index contributed by atoms with van der Waals surface area (Å²) in [5.74, 6) is 0.851. The van der Waals surface area contributed by atoms with E-state index in [9.17, 15) is 18.0 Å². The van der Waals surface area contributed by atoms with Gasteiger partial charge in [0.2, 0.25) is 5.88 Å². The third-order valence-corrected chi connectivity index (χ3v) is 4.82. The first-order chi connectivity index (χ1) is 15.3. The maximum Gasteiger partial charge on any atom is 0.416 e. The molecule has 4 rings (SSSR count). The van der Waals surface area contributed by atoms with E-state index >= 15 is 0 Å². The van der Waals surface area contributed by atoms with Gasteiger partial charge >= 0.3 is 12.2 Å². The largest absolute Gasteiger partial charge is 0.481 e. The second-order valence-corrected chi connectivity index (χ2v) is 6.95. The Labute approximate surface area is 181 Å². The minimum absolute atomic E-state index is 0.245. The highest BCUT2D eigenvalue weighted by molar-refractivity contribution is 6.02. The van der Waals surface area contributed by atoms with Crippen molar-refractivity contribution in [1.29, 1.82) is 0 Å². The van der Waals surface area contributed by atoms with Crippen LogP contribution in [0.25, 0.3) is 11.3 Å². The molecule has 0 saturated carbocycles. The summed E-state index contributed by atoms with van der Waals surface area (Å²) in [6.45, 7) is 0.968. The molecule has 3 aromatic rings. The number of fused-ring (bicyclic) bond motifs is 1. The lowest BCUT2D eigenvalue weighted by Crippen LogP contribution is -2.36. The monoisotopic (exact) mass is 444 g/mol. The smallest absolute Gasteiger partial charge is 0.416 e. The molecule has 0 radical (unpaired) electrons. The van der Waals surface area contributed by atoms with Crippen molar-refractivity contribution < 1.29 is 22.7 Å². The predicted molar refractivity (Wildman–Crippen MR) is 113 cm³/mol. The molecule has 0 atom stereocenters. The fourth-order valence-corrected chi connectivity index (χ4v) is 3.27. The number of rotatable bonds is 3. The molecule has 32 heavy (non-hydrogen) atoms. The number of hydrogen-bond donors (Lipinski definition) is 2. The number of anilines is 3. The molecule has 0 fully saturated rings. The number of hydrogen-bond acceptors (Lipinski definition) is 6. The number of benzene rings is 1. The Balaban J connectivity index is 1.67. The van der Waals surface area contributed by atoms with Gasteiger partial charge in [0.05, 0.1) is 24.1 Å². The van der Waals surface area contributed by atoms with Crippen molar-refractivity contribution in [2.24, 2.45) is 0 Å². The number of carbonyl (C=O) groups excluding carboxylic acids is 1. The van der Waals surface area contributed by atoms with E-state index in [-0.39, 0.29) is 11.7 Å². The molecule has 166 valence electrons. The van der Waals surface area contributed by atoms with E-state index in [0.717, 1.165) is 12.1 Å². The lowest BCUT2D eigenvalue weighted by molar-refractivity contribution is -0.137. The van der Waals surface area contributed by atoms with Crippen LogP contribution in [0, 0.1) is 0 Å². The lowest BCUT2D eigenvalue weighted by Gasteiger charge is -2.22. The van der Waals surface area contributed by atoms with Gasteiger partial charge in [-0.25, -0.2) is 19.7 Å². The number of alkyl halides is 3. The minimum Gasteiger partial charge on any atom is -0.481 e. The van der Waals surface area contributed by atoms with Crippen LogP contribution in [0.3, 0.4) is 0 Å². The van der Waals surface area contributed by atoms with E-state index in [1.165, 1.54) is 30.5 Å². The first-order valence-electron chi connectivity index (χ1n) is 9.72. The van der Waals surface area contributed by atoms with E-state index in [2.05, 4.69) is 25.6 Å². The maximum absolute atomic E-state index is 13.1. The number of nitrogens with zero attached hydrogens (tertiary/aromatic N) is 4. The van der Waals surface area contributed by atoms with Crippen molar-refractivity contribution in [2.45, 2.75) is 12.6 Å². The normalized spacial score (nSPS) is 13.6. The van der Waals surface area contributed by atoms with Crippen molar-refractivity contribution in [3.8, 4) is 17.1 Å². The topological polar surface area (TPSA) is 92.3 Å². The first-order valence-corrected chi connectivity index (χ1v) is 9.72. The third kappa shape index (κ3) is 4.56. The highest BCUT2D eigenvalue weighted by Gasteiger charge is 2.31. The molecule has 0 unspecified atom stereocenters. The zero-order valence-electron chi connectivity index (χ0n) is 17.0. The van der Waals surface area contributed by atoms with Gasteiger partial charge in [0.15, 0.2) is 5.82 Å². The number of nitrogens with one attached hydrogen (secondary N) is 2. The van der Waals surface area contributed by atoms with Crippen LogP contribution in [0.1, 0.15) is 12.0 Å². The molecule has 1 aliphatic rings. The highest BCUT2D eigenvalue weighted by Crippen LogP contribution is 2.34. The molecule has 0 aliphatic carbocycles. The SMILES string of the molecule is COc1cc(NC(=O)N2CCCNc3ccc(-c4cccc(C(F)(F)F)c4)nc32)ncn1. The lowest BCUT2D eigenvalue weighted by atomic mass is 10.1. The summed E-state index contributed by atoms with van der Waals surface area (Å²) < 4.78 is 44.4. The number of aromatic nitrogens is 3. The fraction of sp³-hybridized carbons (Fsp3) is 0.238. The Bertz CT molecular complexity index is 1140. The van der Waals surface area contributed by atoms with Gasteiger partial charge < -0.3 is 10.1 Å². The summed E-state index contributed by atoms with van der Waals surface area (Å²) in [4.78, 5) is 26.9. The summed E-state index contributed by atoms with van der Waals surface area (Å²) in [5.41, 5.74) is 0.457. The van der Waals surface area contributed by atoms with Gasteiger partial charge in [-0.3, -0.25) is 10.2 Å². The summed E-state index contributed by atoms with van der Waals surface area (Å²) in [7, 11) is 1.45. The van der Waals surface area contributed by atoms with Crippen LogP contribution >= 0.6 is 0 Å². The van der Waals surface area contributed by atoms with Crippen molar-refractivity contribution in [2.75, 3.05) is 35.7 Å². The maximum atomic E-state index is 13.1. The Kier molecular flexibility index (Phi) is 5.80. The molecule has 11 heteroatoms. The molecule has 3 heterocycles. The van der Waals surface area contributed by atoms with Crippen LogP contribution in [-0.4, -0.2) is 41.2 Å². The van der Waals surface area contributed by atoms with E-state index in [4.69, 9.17) is 4.74 Å². The molecular weight excluding hydrogens is 425 g/mol. The summed E-state index contributed by atoms with van der Waals surface area (Å²) >= 11 is 0. The number of halogens is 3. The molecule has 0 bridgehead atoms. The van der Waals surface area contributed by atoms with E-state index in [0.29, 0.717) is 42.3 Å². The molecule has 2 amide bonds. The number of urea groups is 1. The van der Waals surface area contributed by atoms with Crippen LogP contribution in [0.5, 0.6) is 5.88 Å². The first kappa shape index (κ1) is 21.3. The average molecular weight is 444 g/mol. The second kappa shape index (κ2) is 8.69. The number of pyridine rings is 1. The second-order valence-electron chi connectivity index (χ2n) is 6.95.